The van der Waals surface area contributed by atoms with E-state index in [0.717, 1.165) is 21.9 Å². The fraction of sp³-hybridized carbons (Fsp3) is 0.0690. The van der Waals surface area contributed by atoms with Crippen LogP contribution in [0, 0.1) is 5.82 Å². The maximum absolute atomic E-state index is 13.3. The van der Waals surface area contributed by atoms with Crippen LogP contribution in [0.15, 0.2) is 94.8 Å². The number of amidine groups is 1. The maximum Gasteiger partial charge on any atom is 0.307 e. The van der Waals surface area contributed by atoms with E-state index in [9.17, 15) is 14.0 Å². The van der Waals surface area contributed by atoms with Gasteiger partial charge in [-0.1, -0.05) is 48.5 Å². The van der Waals surface area contributed by atoms with Crippen molar-refractivity contribution in [2.24, 2.45) is 4.99 Å². The van der Waals surface area contributed by atoms with Gasteiger partial charge in [0.15, 0.2) is 5.17 Å². The van der Waals surface area contributed by atoms with Gasteiger partial charge in [-0.3, -0.25) is 9.59 Å². The van der Waals surface area contributed by atoms with Crippen molar-refractivity contribution in [2.45, 2.75) is 13.0 Å². The molecule has 184 valence electrons. The Morgan fingerprint density at radius 1 is 0.973 bits per heavy atom. The predicted molar refractivity (Wildman–Crippen MR) is 144 cm³/mol. The van der Waals surface area contributed by atoms with Crippen molar-refractivity contribution in [2.75, 3.05) is 5.32 Å². The van der Waals surface area contributed by atoms with Crippen LogP contribution in [-0.2, 0) is 22.6 Å². The fourth-order valence-electron chi connectivity index (χ4n) is 3.82. The van der Waals surface area contributed by atoms with E-state index in [-0.39, 0.29) is 24.8 Å². The van der Waals surface area contributed by atoms with Gasteiger partial charge in [0.05, 0.1) is 11.3 Å². The van der Waals surface area contributed by atoms with Gasteiger partial charge in [-0.2, -0.15) is 4.99 Å². The van der Waals surface area contributed by atoms with Crippen LogP contribution in [0.5, 0.6) is 5.75 Å². The summed E-state index contributed by atoms with van der Waals surface area (Å²) in [6.07, 6.45) is 1.70. The van der Waals surface area contributed by atoms with Gasteiger partial charge < -0.3 is 15.2 Å². The molecule has 1 aliphatic heterocycles. The molecule has 0 saturated carbocycles. The summed E-state index contributed by atoms with van der Waals surface area (Å²) in [6.45, 7) is 0.247. The number of carbonyl (C=O) groups is 2. The summed E-state index contributed by atoms with van der Waals surface area (Å²) in [4.78, 5) is 28.1. The Kier molecular flexibility index (Phi) is 7.00. The summed E-state index contributed by atoms with van der Waals surface area (Å²) in [5.41, 5.74) is 2.93. The van der Waals surface area contributed by atoms with Gasteiger partial charge >= 0.3 is 5.97 Å². The van der Waals surface area contributed by atoms with Crippen LogP contribution in [-0.4, -0.2) is 22.2 Å². The van der Waals surface area contributed by atoms with Crippen LogP contribution in [0.25, 0.3) is 16.8 Å². The van der Waals surface area contributed by atoms with E-state index in [2.05, 4.69) is 10.3 Å². The van der Waals surface area contributed by atoms with Crippen molar-refractivity contribution in [3.8, 4) is 5.75 Å². The van der Waals surface area contributed by atoms with E-state index in [4.69, 9.17) is 9.84 Å². The first-order chi connectivity index (χ1) is 17.9. The lowest BCUT2D eigenvalue weighted by Gasteiger charge is -2.12. The number of halogens is 1. The van der Waals surface area contributed by atoms with Crippen LogP contribution in [0.4, 0.5) is 10.1 Å². The number of nitrogens with zero attached hydrogens (tertiary/aromatic N) is 1. The number of carbonyl (C=O) groups excluding carboxylic acids is 1. The SMILES string of the molecule is O=C(O)Cc1ccc(NC2=NC(=O)/C(=C\c3cc4ccccc4cc3OCc3ccc(F)cc3)S2)cc1. The number of thioether (sulfide) groups is 1. The number of hydrogen-bond donors (Lipinski definition) is 2. The van der Waals surface area contributed by atoms with E-state index < -0.39 is 5.97 Å². The minimum atomic E-state index is -0.897. The zero-order valence-electron chi connectivity index (χ0n) is 19.5. The highest BCUT2D eigenvalue weighted by atomic mass is 32.2. The number of rotatable bonds is 7. The first-order valence-electron chi connectivity index (χ1n) is 11.4. The number of amides is 1. The first kappa shape index (κ1) is 24.3. The first-order valence-corrected chi connectivity index (χ1v) is 12.2. The average molecular weight is 513 g/mol. The molecule has 5 rings (SSSR count). The number of hydrogen-bond acceptors (Lipinski definition) is 5. The maximum atomic E-state index is 13.3. The van der Waals surface area contributed by atoms with Crippen LogP contribution in [0.3, 0.4) is 0 Å². The highest BCUT2D eigenvalue weighted by Gasteiger charge is 2.23. The van der Waals surface area contributed by atoms with E-state index in [1.165, 1.54) is 23.9 Å². The van der Waals surface area contributed by atoms with E-state index in [1.54, 1.807) is 42.5 Å². The van der Waals surface area contributed by atoms with Gasteiger partial charge in [0.1, 0.15) is 18.2 Å². The zero-order chi connectivity index (χ0) is 25.8. The smallest absolute Gasteiger partial charge is 0.307 e. The number of carboxylic acid groups (broad SMARTS) is 1. The Hall–Kier alpha value is -4.43. The summed E-state index contributed by atoms with van der Waals surface area (Å²) >= 11 is 1.21. The number of aliphatic carboxylic acids is 1. The van der Waals surface area contributed by atoms with Gasteiger partial charge in [0.2, 0.25) is 0 Å². The standard InChI is InChI=1S/C29H21FN2O4S/c30-23-9-5-19(6-10-23)17-36-25-15-21-4-2-1-3-20(21)14-22(25)16-26-28(35)32-29(37-26)31-24-11-7-18(8-12-24)13-27(33)34/h1-12,14-16H,13,17H2,(H,33,34)(H,31,32,35)/b26-16+. The minimum absolute atomic E-state index is 0.0569. The highest BCUT2D eigenvalue weighted by Crippen LogP contribution is 2.34. The molecule has 6 nitrogen and oxygen atoms in total. The molecule has 0 aliphatic carbocycles. The molecule has 0 aromatic heterocycles. The number of fused-ring (bicyclic) bond motifs is 1. The average Bonchev–Trinajstić information content (AvgIpc) is 3.22. The van der Waals surface area contributed by atoms with Crippen LogP contribution >= 0.6 is 11.8 Å². The molecular weight excluding hydrogens is 491 g/mol. The largest absolute Gasteiger partial charge is 0.488 e. The Labute approximate surface area is 216 Å². The molecule has 0 bridgehead atoms. The van der Waals surface area contributed by atoms with Crippen molar-refractivity contribution in [3.05, 3.63) is 112 Å². The van der Waals surface area contributed by atoms with E-state index >= 15 is 0 Å². The predicted octanol–water partition coefficient (Wildman–Crippen LogP) is 6.27. The topological polar surface area (TPSA) is 88.0 Å². The molecule has 4 aromatic carbocycles. The third-order valence-electron chi connectivity index (χ3n) is 5.65. The van der Waals surface area contributed by atoms with Gasteiger partial charge in [-0.05, 0) is 76.1 Å². The van der Waals surface area contributed by atoms with Gasteiger partial charge in [-0.25, -0.2) is 4.39 Å². The second-order valence-electron chi connectivity index (χ2n) is 8.38. The van der Waals surface area contributed by atoms with Crippen molar-refractivity contribution in [3.63, 3.8) is 0 Å². The van der Waals surface area contributed by atoms with Crippen LogP contribution in [0.2, 0.25) is 0 Å². The molecule has 1 heterocycles. The second-order valence-corrected chi connectivity index (χ2v) is 9.41. The molecular formula is C29H21FN2O4S. The molecule has 0 radical (unpaired) electrons. The summed E-state index contributed by atoms with van der Waals surface area (Å²) in [5, 5.41) is 14.4. The van der Waals surface area contributed by atoms with Gasteiger partial charge in [-0.15, -0.1) is 0 Å². The van der Waals surface area contributed by atoms with E-state index in [1.807, 2.05) is 36.4 Å². The molecule has 1 aliphatic rings. The molecule has 8 heteroatoms. The number of nitrogens with one attached hydrogen (secondary N) is 1. The summed E-state index contributed by atoms with van der Waals surface area (Å²) < 4.78 is 19.4. The van der Waals surface area contributed by atoms with Crippen molar-refractivity contribution in [1.29, 1.82) is 0 Å². The quantitative estimate of drug-likeness (QED) is 0.284. The molecule has 0 fully saturated rings. The lowest BCUT2D eigenvalue weighted by Crippen LogP contribution is -2.05. The number of ether oxygens (including phenoxy) is 1. The lowest BCUT2D eigenvalue weighted by atomic mass is 10.1. The Bertz CT molecular complexity index is 1550. The molecule has 37 heavy (non-hydrogen) atoms. The van der Waals surface area contributed by atoms with E-state index in [0.29, 0.717) is 27.1 Å². The third kappa shape index (κ3) is 6.05. The molecule has 0 spiro atoms. The number of aliphatic imine (C=N–C) groups is 1. The lowest BCUT2D eigenvalue weighted by molar-refractivity contribution is -0.136. The van der Waals surface area contributed by atoms with Gasteiger partial charge in [0, 0.05) is 11.3 Å². The van der Waals surface area contributed by atoms with Crippen molar-refractivity contribution < 1.29 is 23.8 Å². The Morgan fingerprint density at radius 2 is 1.65 bits per heavy atom. The third-order valence-corrected chi connectivity index (χ3v) is 6.55. The monoisotopic (exact) mass is 512 g/mol. The molecule has 0 saturated heterocycles. The number of anilines is 1. The summed E-state index contributed by atoms with van der Waals surface area (Å²) in [5.74, 6) is -0.976. The van der Waals surface area contributed by atoms with Gasteiger partial charge in [0.25, 0.3) is 5.91 Å². The Balaban J connectivity index is 1.36. The van der Waals surface area contributed by atoms with Crippen LogP contribution in [0.1, 0.15) is 16.7 Å². The molecule has 1 amide bonds. The summed E-state index contributed by atoms with van der Waals surface area (Å²) in [7, 11) is 0. The summed E-state index contributed by atoms with van der Waals surface area (Å²) in [6, 6.07) is 24.8. The van der Waals surface area contributed by atoms with Crippen molar-refractivity contribution in [1.82, 2.24) is 0 Å². The highest BCUT2D eigenvalue weighted by molar-refractivity contribution is 8.18. The number of carboxylic acids is 1. The van der Waals surface area contributed by atoms with Crippen LogP contribution < -0.4 is 10.1 Å². The molecule has 2 N–H and O–H groups in total. The minimum Gasteiger partial charge on any atom is -0.488 e. The molecule has 4 aromatic rings. The molecule has 0 atom stereocenters. The van der Waals surface area contributed by atoms with Crippen molar-refractivity contribution >= 4 is 51.3 Å². The Morgan fingerprint density at radius 3 is 2.35 bits per heavy atom. The zero-order valence-corrected chi connectivity index (χ0v) is 20.3. The fourth-order valence-corrected chi connectivity index (χ4v) is 4.65. The normalized spacial score (nSPS) is 14.1. The second kappa shape index (κ2) is 10.7. The molecule has 0 unspecified atom stereocenters. The number of benzene rings is 4.